The highest BCUT2D eigenvalue weighted by molar-refractivity contribution is 5.15. The van der Waals surface area contributed by atoms with Crippen LogP contribution < -0.4 is 0 Å². The van der Waals surface area contributed by atoms with Gasteiger partial charge in [0.2, 0.25) is 0 Å². The van der Waals surface area contributed by atoms with Crippen LogP contribution in [-0.4, -0.2) is 29.2 Å². The molecule has 1 aliphatic carbocycles. The molecule has 2 nitrogen and oxygen atoms in total. The van der Waals surface area contributed by atoms with Gasteiger partial charge in [-0.05, 0) is 38.3 Å². The summed E-state index contributed by atoms with van der Waals surface area (Å²) in [5.41, 5.74) is 1.62. The van der Waals surface area contributed by atoms with Crippen molar-refractivity contribution in [2.75, 3.05) is 13.7 Å². The Kier molecular flexibility index (Phi) is 3.62. The molecule has 0 bridgehead atoms. The molecule has 1 saturated carbocycles. The van der Waals surface area contributed by atoms with Crippen molar-refractivity contribution in [3.05, 3.63) is 35.9 Å². The van der Waals surface area contributed by atoms with Gasteiger partial charge in [0.05, 0.1) is 0 Å². The molecule has 0 atom stereocenters. The van der Waals surface area contributed by atoms with Gasteiger partial charge in [-0.2, -0.15) is 0 Å². The lowest BCUT2D eigenvalue weighted by atomic mass is 9.73. The highest BCUT2D eigenvalue weighted by Crippen LogP contribution is 2.40. The van der Waals surface area contributed by atoms with Gasteiger partial charge in [0.25, 0.3) is 0 Å². The lowest BCUT2D eigenvalue weighted by Crippen LogP contribution is -2.51. The highest BCUT2D eigenvalue weighted by Gasteiger charge is 2.39. The molecule has 0 amide bonds. The molecule has 1 aliphatic rings. The Morgan fingerprint density at radius 3 is 2.44 bits per heavy atom. The second-order valence-electron chi connectivity index (χ2n) is 4.89. The fourth-order valence-corrected chi connectivity index (χ4v) is 2.64. The van der Waals surface area contributed by atoms with E-state index in [9.17, 15) is 0 Å². The molecule has 0 spiro atoms. The predicted octanol–water partition coefficient (Wildman–Crippen LogP) is 2.42. The van der Waals surface area contributed by atoms with Crippen molar-refractivity contribution < 1.29 is 5.11 Å². The van der Waals surface area contributed by atoms with Gasteiger partial charge in [-0.1, -0.05) is 30.3 Å². The summed E-state index contributed by atoms with van der Waals surface area (Å²) in [6.07, 6.45) is 4.68. The molecule has 0 aliphatic heterocycles. The van der Waals surface area contributed by atoms with Crippen molar-refractivity contribution in [2.45, 2.75) is 37.8 Å². The molecule has 1 aromatic carbocycles. The van der Waals surface area contributed by atoms with Crippen molar-refractivity contribution in [2.24, 2.45) is 0 Å². The Labute approximate surface area is 97.9 Å². The SMILES string of the molecule is CN(Cc1ccccc1)C1(CCO)CCC1. The first-order chi connectivity index (χ1) is 7.77. The lowest BCUT2D eigenvalue weighted by molar-refractivity contribution is 0.00943. The normalized spacial score (nSPS) is 18.4. The van der Waals surface area contributed by atoms with Crippen molar-refractivity contribution >= 4 is 0 Å². The first-order valence-electron chi connectivity index (χ1n) is 6.13. The number of aliphatic hydroxyl groups excluding tert-OH is 1. The summed E-state index contributed by atoms with van der Waals surface area (Å²) in [6, 6.07) is 10.6. The molecule has 0 saturated heterocycles. The molecular weight excluding hydrogens is 198 g/mol. The third kappa shape index (κ3) is 2.28. The summed E-state index contributed by atoms with van der Waals surface area (Å²) >= 11 is 0. The Morgan fingerprint density at radius 1 is 1.25 bits per heavy atom. The molecule has 0 heterocycles. The van der Waals surface area contributed by atoms with Crippen LogP contribution in [0.3, 0.4) is 0 Å². The summed E-state index contributed by atoms with van der Waals surface area (Å²) in [7, 11) is 2.18. The second-order valence-corrected chi connectivity index (χ2v) is 4.89. The topological polar surface area (TPSA) is 23.5 Å². The Balaban J connectivity index is 1.99. The zero-order valence-corrected chi connectivity index (χ0v) is 10.0. The molecule has 0 radical (unpaired) electrons. The first kappa shape index (κ1) is 11.6. The maximum atomic E-state index is 9.16. The zero-order valence-electron chi connectivity index (χ0n) is 10.0. The summed E-state index contributed by atoms with van der Waals surface area (Å²) < 4.78 is 0. The van der Waals surface area contributed by atoms with Crippen molar-refractivity contribution in [1.82, 2.24) is 4.90 Å². The molecular formula is C14H21NO. The van der Waals surface area contributed by atoms with Gasteiger partial charge in [0.1, 0.15) is 0 Å². The Morgan fingerprint density at radius 2 is 1.94 bits per heavy atom. The van der Waals surface area contributed by atoms with Crippen LogP contribution in [0.15, 0.2) is 30.3 Å². The van der Waals surface area contributed by atoms with E-state index in [0.29, 0.717) is 6.61 Å². The Bertz CT molecular complexity index is 319. The first-order valence-corrected chi connectivity index (χ1v) is 6.13. The van der Waals surface area contributed by atoms with Gasteiger partial charge in [0, 0.05) is 18.7 Å². The molecule has 0 unspecified atom stereocenters. The van der Waals surface area contributed by atoms with Crippen LogP contribution in [0.4, 0.5) is 0 Å². The van der Waals surface area contributed by atoms with Crippen LogP contribution in [0.1, 0.15) is 31.2 Å². The number of rotatable bonds is 5. The zero-order chi connectivity index (χ0) is 11.4. The van der Waals surface area contributed by atoms with Crippen LogP contribution in [0.2, 0.25) is 0 Å². The monoisotopic (exact) mass is 219 g/mol. The third-order valence-electron chi connectivity index (χ3n) is 3.93. The second kappa shape index (κ2) is 4.98. The van der Waals surface area contributed by atoms with E-state index >= 15 is 0 Å². The predicted molar refractivity (Wildman–Crippen MR) is 66.2 cm³/mol. The molecule has 2 heteroatoms. The van der Waals surface area contributed by atoms with Crippen molar-refractivity contribution in [3.63, 3.8) is 0 Å². The van der Waals surface area contributed by atoms with Gasteiger partial charge >= 0.3 is 0 Å². The van der Waals surface area contributed by atoms with Crippen molar-refractivity contribution in [1.29, 1.82) is 0 Å². The van der Waals surface area contributed by atoms with E-state index in [4.69, 9.17) is 5.11 Å². The van der Waals surface area contributed by atoms with Gasteiger partial charge < -0.3 is 5.11 Å². The maximum absolute atomic E-state index is 9.16. The molecule has 1 N–H and O–H groups in total. The molecule has 2 rings (SSSR count). The lowest BCUT2D eigenvalue weighted by Gasteiger charge is -2.49. The quantitative estimate of drug-likeness (QED) is 0.822. The number of hydrogen-bond donors (Lipinski definition) is 1. The van der Waals surface area contributed by atoms with E-state index < -0.39 is 0 Å². The van der Waals surface area contributed by atoms with Crippen LogP contribution in [0.5, 0.6) is 0 Å². The summed E-state index contributed by atoms with van der Waals surface area (Å²) in [5.74, 6) is 0. The Hall–Kier alpha value is -0.860. The summed E-state index contributed by atoms with van der Waals surface area (Å²) in [6.45, 7) is 1.29. The minimum atomic E-state index is 0.268. The molecule has 16 heavy (non-hydrogen) atoms. The van der Waals surface area contributed by atoms with E-state index in [1.807, 2.05) is 0 Å². The fraction of sp³-hybridized carbons (Fsp3) is 0.571. The number of benzene rings is 1. The third-order valence-corrected chi connectivity index (χ3v) is 3.93. The summed E-state index contributed by atoms with van der Waals surface area (Å²) in [5, 5.41) is 9.16. The van der Waals surface area contributed by atoms with Crippen LogP contribution in [-0.2, 0) is 6.54 Å². The minimum Gasteiger partial charge on any atom is -0.396 e. The number of nitrogens with zero attached hydrogens (tertiary/aromatic N) is 1. The average Bonchev–Trinajstić information content (AvgIpc) is 2.24. The number of aliphatic hydroxyl groups is 1. The molecule has 1 fully saturated rings. The largest absolute Gasteiger partial charge is 0.396 e. The van der Waals surface area contributed by atoms with E-state index in [0.717, 1.165) is 13.0 Å². The molecule has 1 aromatic rings. The van der Waals surface area contributed by atoms with Gasteiger partial charge in [0.15, 0.2) is 0 Å². The van der Waals surface area contributed by atoms with E-state index in [1.54, 1.807) is 0 Å². The van der Waals surface area contributed by atoms with Gasteiger partial charge in [-0.3, -0.25) is 4.90 Å². The van der Waals surface area contributed by atoms with E-state index in [2.05, 4.69) is 42.3 Å². The van der Waals surface area contributed by atoms with E-state index in [-0.39, 0.29) is 5.54 Å². The molecule has 0 aromatic heterocycles. The van der Waals surface area contributed by atoms with E-state index in [1.165, 1.54) is 24.8 Å². The smallest absolute Gasteiger partial charge is 0.0448 e. The maximum Gasteiger partial charge on any atom is 0.0448 e. The van der Waals surface area contributed by atoms with Crippen molar-refractivity contribution in [3.8, 4) is 0 Å². The highest BCUT2D eigenvalue weighted by atomic mass is 16.3. The fourth-order valence-electron chi connectivity index (χ4n) is 2.64. The van der Waals surface area contributed by atoms with Gasteiger partial charge in [-0.25, -0.2) is 0 Å². The number of hydrogen-bond acceptors (Lipinski definition) is 2. The molecule has 88 valence electrons. The van der Waals surface area contributed by atoms with Crippen LogP contribution in [0.25, 0.3) is 0 Å². The van der Waals surface area contributed by atoms with Gasteiger partial charge in [-0.15, -0.1) is 0 Å². The standard InChI is InChI=1S/C14H21NO/c1-15(12-13-6-3-2-4-7-13)14(10-11-16)8-5-9-14/h2-4,6-7,16H,5,8-12H2,1H3. The summed E-state index contributed by atoms with van der Waals surface area (Å²) in [4.78, 5) is 2.42. The minimum absolute atomic E-state index is 0.268. The van der Waals surface area contributed by atoms with Crippen LogP contribution >= 0.6 is 0 Å². The average molecular weight is 219 g/mol. The van der Waals surface area contributed by atoms with Crippen LogP contribution in [0, 0.1) is 0 Å².